The first-order chi connectivity index (χ1) is 21.8. The molecule has 2 heterocycles. The van der Waals surface area contributed by atoms with Crippen LogP contribution >= 0.6 is 0 Å². The largest absolute Gasteiger partial charge is 0.381 e. The number of rotatable bonds is 20. The quantitative estimate of drug-likeness (QED) is 0.190. The zero-order valence-electron chi connectivity index (χ0n) is 29.3. The zero-order chi connectivity index (χ0) is 31.6. The van der Waals surface area contributed by atoms with Gasteiger partial charge < -0.3 is 38.6 Å². The molecule has 3 saturated carbocycles. The van der Waals surface area contributed by atoms with E-state index in [0.29, 0.717) is 54.9 Å². The monoisotopic (exact) mass is 638 g/mol. The smallest absolute Gasteiger partial charge is 0.0832 e. The van der Waals surface area contributed by atoms with Crippen LogP contribution in [0.3, 0.4) is 0 Å². The molecule has 3 aliphatic carbocycles. The van der Waals surface area contributed by atoms with Crippen LogP contribution < -0.4 is 5.32 Å². The van der Waals surface area contributed by atoms with Crippen LogP contribution in [0.1, 0.15) is 105 Å². The van der Waals surface area contributed by atoms with E-state index in [1.165, 1.54) is 38.8 Å². The SMILES string of the molecule is CO[C@H]1C[C@H](O[C@H]2CC[C@H](NCCOC(C)CCC(C)O[C@H]3C[C@H](OC4CCN(CCN5CC(OC(C)C)C5)CC4)C3)CC2)C1. The van der Waals surface area contributed by atoms with Crippen molar-refractivity contribution in [3.05, 3.63) is 0 Å². The summed E-state index contributed by atoms with van der Waals surface area (Å²) in [4.78, 5) is 5.14. The molecule has 2 atom stereocenters. The second kappa shape index (κ2) is 18.4. The minimum absolute atomic E-state index is 0.269. The molecule has 0 bridgehead atoms. The highest BCUT2D eigenvalue weighted by Gasteiger charge is 2.35. The highest BCUT2D eigenvalue weighted by molar-refractivity contribution is 4.87. The molecule has 0 aromatic rings. The van der Waals surface area contributed by atoms with E-state index in [1.54, 1.807) is 7.11 Å². The van der Waals surface area contributed by atoms with E-state index in [9.17, 15) is 0 Å². The van der Waals surface area contributed by atoms with Gasteiger partial charge in [-0.3, -0.25) is 4.90 Å². The molecule has 0 radical (unpaired) electrons. The van der Waals surface area contributed by atoms with Gasteiger partial charge in [-0.05, 0) is 105 Å². The van der Waals surface area contributed by atoms with Gasteiger partial charge in [-0.25, -0.2) is 0 Å². The third-order valence-electron chi connectivity index (χ3n) is 10.9. The minimum atomic E-state index is 0.269. The maximum absolute atomic E-state index is 6.46. The van der Waals surface area contributed by atoms with Crippen LogP contribution in [-0.2, 0) is 28.4 Å². The topological polar surface area (TPSA) is 73.9 Å². The second-order valence-corrected chi connectivity index (χ2v) is 15.2. The number of methoxy groups -OCH3 is 1. The van der Waals surface area contributed by atoms with Crippen molar-refractivity contribution in [1.29, 1.82) is 0 Å². The molecule has 0 aromatic heterocycles. The van der Waals surface area contributed by atoms with Gasteiger partial charge in [0.2, 0.25) is 0 Å². The number of nitrogens with zero attached hydrogens (tertiary/aromatic N) is 2. The summed E-state index contributed by atoms with van der Waals surface area (Å²) in [7, 11) is 1.80. The fourth-order valence-corrected chi connectivity index (χ4v) is 7.71. The van der Waals surface area contributed by atoms with Crippen molar-refractivity contribution in [1.82, 2.24) is 15.1 Å². The lowest BCUT2D eigenvalue weighted by atomic mass is 9.89. The Balaban J connectivity index is 0.802. The first kappa shape index (κ1) is 35.9. The Morgan fingerprint density at radius 3 is 1.87 bits per heavy atom. The summed E-state index contributed by atoms with van der Waals surface area (Å²) in [5.41, 5.74) is 0. The lowest BCUT2D eigenvalue weighted by molar-refractivity contribution is -0.150. The Morgan fingerprint density at radius 1 is 0.622 bits per heavy atom. The molecule has 9 heteroatoms. The van der Waals surface area contributed by atoms with Crippen molar-refractivity contribution >= 4 is 0 Å². The van der Waals surface area contributed by atoms with Crippen molar-refractivity contribution in [3.8, 4) is 0 Å². The molecule has 1 N–H and O–H groups in total. The number of nitrogens with one attached hydrogen (secondary N) is 1. The molecule has 5 fully saturated rings. The Morgan fingerprint density at radius 2 is 1.22 bits per heavy atom. The van der Waals surface area contributed by atoms with Gasteiger partial charge in [-0.1, -0.05) is 0 Å². The van der Waals surface area contributed by atoms with E-state index < -0.39 is 0 Å². The van der Waals surface area contributed by atoms with Gasteiger partial charge in [-0.2, -0.15) is 0 Å². The summed E-state index contributed by atoms with van der Waals surface area (Å²) in [5.74, 6) is 0. The molecule has 2 aliphatic heterocycles. The van der Waals surface area contributed by atoms with Crippen molar-refractivity contribution in [2.24, 2.45) is 0 Å². The molecule has 9 nitrogen and oxygen atoms in total. The lowest BCUT2D eigenvalue weighted by Gasteiger charge is -2.42. The molecular formula is C36H67N3O6. The number of hydrogen-bond acceptors (Lipinski definition) is 9. The third-order valence-corrected chi connectivity index (χ3v) is 10.9. The molecule has 2 saturated heterocycles. The van der Waals surface area contributed by atoms with Gasteiger partial charge in [0, 0.05) is 59.0 Å². The summed E-state index contributed by atoms with van der Waals surface area (Å²) in [5, 5.41) is 3.71. The molecule has 45 heavy (non-hydrogen) atoms. The van der Waals surface area contributed by atoms with Gasteiger partial charge in [0.15, 0.2) is 0 Å². The van der Waals surface area contributed by atoms with Crippen molar-refractivity contribution in [2.45, 2.75) is 172 Å². The van der Waals surface area contributed by atoms with E-state index in [1.807, 2.05) is 0 Å². The maximum Gasteiger partial charge on any atom is 0.0832 e. The predicted octanol–water partition coefficient (Wildman–Crippen LogP) is 4.79. The Hall–Kier alpha value is -0.360. The summed E-state index contributed by atoms with van der Waals surface area (Å²) in [6.07, 6.45) is 17.2. The Kier molecular flexibility index (Phi) is 14.7. The zero-order valence-corrected chi connectivity index (χ0v) is 29.3. The summed E-state index contributed by atoms with van der Waals surface area (Å²) < 4.78 is 36.4. The van der Waals surface area contributed by atoms with Crippen LogP contribution in [0.5, 0.6) is 0 Å². The minimum Gasteiger partial charge on any atom is -0.381 e. The molecular weight excluding hydrogens is 570 g/mol. The normalized spacial score (nSPS) is 33.5. The van der Waals surface area contributed by atoms with Crippen LogP contribution in [0.25, 0.3) is 0 Å². The summed E-state index contributed by atoms with van der Waals surface area (Å²) >= 11 is 0. The molecule has 262 valence electrons. The molecule has 2 unspecified atom stereocenters. The van der Waals surface area contributed by atoms with E-state index in [4.69, 9.17) is 28.4 Å². The molecule has 5 rings (SSSR count). The lowest BCUT2D eigenvalue weighted by Crippen LogP contribution is -2.55. The molecule has 5 aliphatic rings. The predicted molar refractivity (Wildman–Crippen MR) is 178 cm³/mol. The van der Waals surface area contributed by atoms with Gasteiger partial charge >= 0.3 is 0 Å². The standard InChI is InChI=1S/C36H67N3O6/c1-26(2)42-36-24-39(25-36)18-17-38-15-12-31(13-16-38)45-35-22-33(23-35)43-28(4)7-6-27(3)41-19-14-37-29-8-10-30(11-9-29)44-34-20-32(21-34)40-5/h26-37H,6-25H2,1-5H3/t27?,28?,29-,30-,32-,33-,34-,35-. The van der Waals surface area contributed by atoms with Crippen LogP contribution in [-0.4, -0.2) is 136 Å². The van der Waals surface area contributed by atoms with Crippen LogP contribution in [0.15, 0.2) is 0 Å². The van der Waals surface area contributed by atoms with Crippen LogP contribution in [0.4, 0.5) is 0 Å². The summed E-state index contributed by atoms with van der Waals surface area (Å²) in [6.45, 7) is 17.2. The third kappa shape index (κ3) is 12.2. The van der Waals surface area contributed by atoms with E-state index in [-0.39, 0.29) is 12.2 Å². The van der Waals surface area contributed by atoms with Crippen molar-refractivity contribution in [3.63, 3.8) is 0 Å². The highest BCUT2D eigenvalue weighted by atomic mass is 16.5. The van der Waals surface area contributed by atoms with Gasteiger partial charge in [-0.15, -0.1) is 0 Å². The highest BCUT2D eigenvalue weighted by Crippen LogP contribution is 2.32. The van der Waals surface area contributed by atoms with Crippen molar-refractivity contribution in [2.75, 3.05) is 59.5 Å². The second-order valence-electron chi connectivity index (χ2n) is 15.2. The van der Waals surface area contributed by atoms with Gasteiger partial charge in [0.25, 0.3) is 0 Å². The average Bonchev–Trinajstić information content (AvgIpc) is 2.97. The Bertz CT molecular complexity index is 803. The van der Waals surface area contributed by atoms with Crippen LogP contribution in [0.2, 0.25) is 0 Å². The summed E-state index contributed by atoms with van der Waals surface area (Å²) in [6, 6.07) is 0.604. The number of hydrogen-bond donors (Lipinski definition) is 1. The van der Waals surface area contributed by atoms with E-state index in [2.05, 4.69) is 42.8 Å². The van der Waals surface area contributed by atoms with Crippen LogP contribution in [0, 0.1) is 0 Å². The van der Waals surface area contributed by atoms with E-state index >= 15 is 0 Å². The average molecular weight is 638 g/mol. The molecule has 0 aromatic carbocycles. The van der Waals surface area contributed by atoms with Crippen molar-refractivity contribution < 1.29 is 28.4 Å². The number of likely N-dealkylation sites (tertiary alicyclic amines) is 2. The van der Waals surface area contributed by atoms with Gasteiger partial charge in [0.1, 0.15) is 0 Å². The number of piperidine rings is 1. The van der Waals surface area contributed by atoms with Gasteiger partial charge in [0.05, 0.1) is 67.6 Å². The first-order valence-corrected chi connectivity index (χ1v) is 18.8. The van der Waals surface area contributed by atoms with E-state index in [0.717, 1.165) is 90.7 Å². The Labute approximate surface area is 274 Å². The molecule has 0 amide bonds. The fraction of sp³-hybridized carbons (Fsp3) is 1.00. The molecule has 0 spiro atoms. The maximum atomic E-state index is 6.46. The fourth-order valence-electron chi connectivity index (χ4n) is 7.71. The number of ether oxygens (including phenoxy) is 6. The first-order valence-electron chi connectivity index (χ1n) is 18.8.